The molecule has 3 saturated carbocycles. The van der Waals surface area contributed by atoms with Gasteiger partial charge in [-0.15, -0.1) is 0 Å². The lowest BCUT2D eigenvalue weighted by Crippen LogP contribution is -2.62. The maximum atomic E-state index is 13.7. The molecule has 0 aromatic carbocycles. The summed E-state index contributed by atoms with van der Waals surface area (Å²) in [4.78, 5) is 13.7. The van der Waals surface area contributed by atoms with E-state index in [0.717, 1.165) is 25.7 Å². The first-order valence-electron chi connectivity index (χ1n) is 10.4. The summed E-state index contributed by atoms with van der Waals surface area (Å²) in [7, 11) is 3.48. The zero-order valence-electron chi connectivity index (χ0n) is 17.5. The van der Waals surface area contributed by atoms with Gasteiger partial charge in [0.2, 0.25) is 0 Å². The number of aliphatic hydroxyl groups is 1. The van der Waals surface area contributed by atoms with E-state index < -0.39 is 11.5 Å². The largest absolute Gasteiger partial charge is 0.393 e. The van der Waals surface area contributed by atoms with E-state index in [1.54, 1.807) is 14.2 Å². The average Bonchev–Trinajstić information content (AvgIpc) is 3.02. The van der Waals surface area contributed by atoms with E-state index in [1.807, 2.05) is 0 Å². The van der Waals surface area contributed by atoms with E-state index in [2.05, 4.69) is 27.7 Å². The molecule has 4 nitrogen and oxygen atoms in total. The molecule has 1 N–H and O–H groups in total. The monoisotopic (exact) mass is 366 g/mol. The van der Waals surface area contributed by atoms with E-state index in [-0.39, 0.29) is 28.8 Å². The molecule has 3 rings (SSSR count). The van der Waals surface area contributed by atoms with Crippen LogP contribution in [-0.4, -0.2) is 43.9 Å². The fourth-order valence-corrected chi connectivity index (χ4v) is 7.08. The lowest BCUT2D eigenvalue weighted by Gasteiger charge is -2.61. The molecule has 26 heavy (non-hydrogen) atoms. The van der Waals surface area contributed by atoms with Crippen LogP contribution in [0.4, 0.5) is 0 Å². The molecule has 150 valence electrons. The quantitative estimate of drug-likeness (QED) is 0.821. The number of Topliss-reactive ketones (excluding diaryl/α,β-unsaturated/α-hetero) is 1. The van der Waals surface area contributed by atoms with E-state index in [9.17, 15) is 9.90 Å². The molecule has 3 fully saturated rings. The smallest absolute Gasteiger partial charge is 0.142 e. The molecule has 3 unspecified atom stereocenters. The maximum absolute atomic E-state index is 13.7. The van der Waals surface area contributed by atoms with Crippen LogP contribution in [0.3, 0.4) is 0 Å². The molecule has 0 aliphatic heterocycles. The van der Waals surface area contributed by atoms with Crippen LogP contribution in [-0.2, 0) is 14.3 Å². The molecular weight excluding hydrogens is 328 g/mol. The minimum atomic E-state index is -0.518. The van der Waals surface area contributed by atoms with Crippen molar-refractivity contribution in [1.29, 1.82) is 0 Å². The van der Waals surface area contributed by atoms with Gasteiger partial charge in [-0.3, -0.25) is 4.79 Å². The van der Waals surface area contributed by atoms with Crippen LogP contribution < -0.4 is 0 Å². The number of carbonyl (C=O) groups is 1. The Labute approximate surface area is 159 Å². The average molecular weight is 367 g/mol. The summed E-state index contributed by atoms with van der Waals surface area (Å²) in [5.74, 6) is 1.02. The normalized spacial score (nSPS) is 51.7. The minimum absolute atomic E-state index is 0.00818. The number of methoxy groups -OCH3 is 2. The van der Waals surface area contributed by atoms with Gasteiger partial charge in [-0.25, -0.2) is 0 Å². The zero-order chi connectivity index (χ0) is 19.3. The van der Waals surface area contributed by atoms with Crippen molar-refractivity contribution in [2.45, 2.75) is 78.4 Å². The fraction of sp³-hybridized carbons (Fsp3) is 0.955. The van der Waals surface area contributed by atoms with E-state index in [4.69, 9.17) is 9.47 Å². The third kappa shape index (κ3) is 2.62. The molecule has 2 bridgehead atoms. The summed E-state index contributed by atoms with van der Waals surface area (Å²) in [5, 5.41) is 11.5. The van der Waals surface area contributed by atoms with Gasteiger partial charge in [-0.2, -0.15) is 0 Å². The highest BCUT2D eigenvalue weighted by Crippen LogP contribution is 2.68. The first kappa shape index (κ1) is 20.3. The Morgan fingerprint density at radius 3 is 2.42 bits per heavy atom. The molecule has 0 saturated heterocycles. The van der Waals surface area contributed by atoms with Crippen LogP contribution in [0, 0.1) is 34.0 Å². The Kier molecular flexibility index (Phi) is 5.35. The number of ketones is 1. The number of carbonyl (C=O) groups excluding carboxylic acids is 1. The van der Waals surface area contributed by atoms with Crippen molar-refractivity contribution in [3.8, 4) is 0 Å². The summed E-state index contributed by atoms with van der Waals surface area (Å²) in [6.45, 7) is 9.34. The van der Waals surface area contributed by atoms with Crippen molar-refractivity contribution >= 4 is 5.78 Å². The van der Waals surface area contributed by atoms with Crippen molar-refractivity contribution < 1.29 is 19.4 Å². The van der Waals surface area contributed by atoms with Crippen LogP contribution in [0.1, 0.15) is 66.2 Å². The molecule has 8 atom stereocenters. The van der Waals surface area contributed by atoms with E-state index in [0.29, 0.717) is 31.1 Å². The van der Waals surface area contributed by atoms with Crippen LogP contribution in [0.15, 0.2) is 0 Å². The third-order valence-corrected chi connectivity index (χ3v) is 9.03. The molecule has 0 radical (unpaired) electrons. The van der Waals surface area contributed by atoms with Crippen molar-refractivity contribution in [3.05, 3.63) is 0 Å². The number of aliphatic hydroxyl groups excluding tert-OH is 1. The van der Waals surface area contributed by atoms with Crippen molar-refractivity contribution in [1.82, 2.24) is 0 Å². The van der Waals surface area contributed by atoms with Crippen LogP contribution in [0.25, 0.3) is 0 Å². The molecule has 3 aliphatic rings. The number of hydrogen-bond donors (Lipinski definition) is 1. The lowest BCUT2D eigenvalue weighted by atomic mass is 9.44. The zero-order valence-corrected chi connectivity index (χ0v) is 17.5. The number of hydrogen-bond acceptors (Lipinski definition) is 4. The summed E-state index contributed by atoms with van der Waals surface area (Å²) in [5.41, 5.74) is -0.760. The van der Waals surface area contributed by atoms with Gasteiger partial charge >= 0.3 is 0 Å². The fourth-order valence-electron chi connectivity index (χ4n) is 7.08. The second kappa shape index (κ2) is 6.86. The van der Waals surface area contributed by atoms with Crippen molar-refractivity contribution in [2.24, 2.45) is 34.0 Å². The molecule has 0 spiro atoms. The third-order valence-electron chi connectivity index (χ3n) is 9.03. The second-order valence-electron chi connectivity index (χ2n) is 9.94. The number of rotatable bonds is 4. The van der Waals surface area contributed by atoms with Gasteiger partial charge in [0, 0.05) is 37.6 Å². The van der Waals surface area contributed by atoms with Gasteiger partial charge in [0.15, 0.2) is 0 Å². The van der Waals surface area contributed by atoms with E-state index in [1.165, 1.54) is 0 Å². The second-order valence-corrected chi connectivity index (χ2v) is 9.94. The minimum Gasteiger partial charge on any atom is -0.393 e. The highest BCUT2D eigenvalue weighted by molar-refractivity contribution is 5.87. The Morgan fingerprint density at radius 2 is 1.81 bits per heavy atom. The molecule has 4 heteroatoms. The molecule has 3 aliphatic carbocycles. The summed E-state index contributed by atoms with van der Waals surface area (Å²) in [6, 6.07) is 0. The molecule has 0 amide bonds. The standard InChI is InChI=1S/C22H38O4/c1-14-7-9-22-10-8-16(26-6)18(22)21(14,4)17(23)13-20(3,11-12-25-5)19(24)15(22)2/h14-18,23H,7-13H2,1-6H3/t14-,15+,16?,17-,18?,20-,21+,22?/m1/s1. The topological polar surface area (TPSA) is 55.8 Å². The summed E-state index contributed by atoms with van der Waals surface area (Å²) < 4.78 is 11.2. The van der Waals surface area contributed by atoms with Crippen molar-refractivity contribution in [2.75, 3.05) is 20.8 Å². The lowest BCUT2D eigenvalue weighted by molar-refractivity contribution is -0.192. The maximum Gasteiger partial charge on any atom is 0.142 e. The van der Waals surface area contributed by atoms with Gasteiger partial charge in [0.1, 0.15) is 5.78 Å². The highest BCUT2D eigenvalue weighted by Gasteiger charge is 2.67. The highest BCUT2D eigenvalue weighted by atomic mass is 16.5. The summed E-state index contributed by atoms with van der Waals surface area (Å²) in [6.07, 6.45) is 5.08. The van der Waals surface area contributed by atoms with Gasteiger partial charge in [-0.05, 0) is 55.8 Å². The number of ether oxygens (including phenoxy) is 2. The van der Waals surface area contributed by atoms with Gasteiger partial charge in [0.25, 0.3) is 0 Å². The first-order valence-corrected chi connectivity index (χ1v) is 10.4. The van der Waals surface area contributed by atoms with Crippen molar-refractivity contribution in [3.63, 3.8) is 0 Å². The molecular formula is C22H38O4. The summed E-state index contributed by atoms with van der Waals surface area (Å²) >= 11 is 0. The first-order chi connectivity index (χ1) is 12.2. The Hall–Kier alpha value is -0.450. The van der Waals surface area contributed by atoms with E-state index >= 15 is 0 Å². The van der Waals surface area contributed by atoms with Crippen LogP contribution in [0.2, 0.25) is 0 Å². The van der Waals surface area contributed by atoms with Crippen LogP contribution in [0.5, 0.6) is 0 Å². The Bertz CT molecular complexity index is 548. The Balaban J connectivity index is 2.12. The SMILES string of the molecule is COCC[C@]1(C)C[C@@H](O)[C@@]2(C)C3C(OC)CCC3(CC[C@H]2C)[C@@H](C)C1=O. The van der Waals surface area contributed by atoms with Gasteiger partial charge in [-0.1, -0.05) is 27.7 Å². The predicted octanol–water partition coefficient (Wildman–Crippen LogP) is 3.85. The predicted molar refractivity (Wildman–Crippen MR) is 102 cm³/mol. The molecule has 0 aromatic heterocycles. The van der Waals surface area contributed by atoms with Crippen LogP contribution >= 0.6 is 0 Å². The Morgan fingerprint density at radius 1 is 1.15 bits per heavy atom. The molecule has 0 aromatic rings. The van der Waals surface area contributed by atoms with Gasteiger partial charge in [0.05, 0.1) is 12.2 Å². The molecule has 0 heterocycles. The van der Waals surface area contributed by atoms with Gasteiger partial charge < -0.3 is 14.6 Å².